The van der Waals surface area contributed by atoms with Gasteiger partial charge in [0.25, 0.3) is 5.91 Å². The van der Waals surface area contributed by atoms with Crippen LogP contribution in [-0.4, -0.2) is 18.5 Å². The van der Waals surface area contributed by atoms with Crippen molar-refractivity contribution in [2.24, 2.45) is 0 Å². The summed E-state index contributed by atoms with van der Waals surface area (Å²) < 4.78 is 5.20. The van der Waals surface area contributed by atoms with Crippen molar-refractivity contribution in [2.75, 3.05) is 17.2 Å². The molecule has 0 unspecified atom stereocenters. The molecular weight excluding hydrogens is 352 g/mol. The topological polar surface area (TPSA) is 67.4 Å². The maximum atomic E-state index is 12.5. The average Bonchev–Trinajstić information content (AvgIpc) is 2.70. The standard InChI is InChI=1S/C23H22N2O3/c1-16-12-13-19(14-17(16)2)25-22(26)15-28-23(27)20-10-6-7-11-21(20)24-18-8-4-3-5-9-18/h3-14,24H,15H2,1-2H3,(H,25,26). The van der Waals surface area contributed by atoms with E-state index in [1.54, 1.807) is 18.2 Å². The first-order chi connectivity index (χ1) is 13.5. The Morgan fingerprint density at radius 1 is 0.821 bits per heavy atom. The Hall–Kier alpha value is -3.60. The molecule has 28 heavy (non-hydrogen) atoms. The summed E-state index contributed by atoms with van der Waals surface area (Å²) in [6.07, 6.45) is 0. The molecule has 5 nitrogen and oxygen atoms in total. The summed E-state index contributed by atoms with van der Waals surface area (Å²) in [4.78, 5) is 24.6. The number of nitrogens with one attached hydrogen (secondary N) is 2. The normalized spacial score (nSPS) is 10.2. The summed E-state index contributed by atoms with van der Waals surface area (Å²) in [5.41, 5.74) is 4.74. The van der Waals surface area contributed by atoms with Gasteiger partial charge in [-0.25, -0.2) is 4.79 Å². The highest BCUT2D eigenvalue weighted by Gasteiger charge is 2.14. The Kier molecular flexibility index (Phi) is 6.07. The molecule has 0 aromatic heterocycles. The molecule has 0 fully saturated rings. The molecule has 0 heterocycles. The van der Waals surface area contributed by atoms with Gasteiger partial charge < -0.3 is 15.4 Å². The number of carbonyl (C=O) groups excluding carboxylic acids is 2. The molecule has 0 radical (unpaired) electrons. The number of carbonyl (C=O) groups is 2. The Labute approximate surface area is 164 Å². The number of ether oxygens (including phenoxy) is 1. The summed E-state index contributed by atoms with van der Waals surface area (Å²) in [7, 11) is 0. The summed E-state index contributed by atoms with van der Waals surface area (Å²) >= 11 is 0. The average molecular weight is 374 g/mol. The van der Waals surface area contributed by atoms with E-state index in [9.17, 15) is 9.59 Å². The summed E-state index contributed by atoms with van der Waals surface area (Å²) in [5.74, 6) is -0.945. The van der Waals surface area contributed by atoms with Gasteiger partial charge in [-0.2, -0.15) is 0 Å². The molecule has 0 bridgehead atoms. The molecule has 3 rings (SSSR count). The summed E-state index contributed by atoms with van der Waals surface area (Å²) in [5, 5.41) is 5.93. The zero-order chi connectivity index (χ0) is 19.9. The second-order valence-electron chi connectivity index (χ2n) is 6.46. The van der Waals surface area contributed by atoms with Gasteiger partial charge in [0.05, 0.1) is 11.3 Å². The van der Waals surface area contributed by atoms with E-state index in [2.05, 4.69) is 10.6 Å². The van der Waals surface area contributed by atoms with Crippen molar-refractivity contribution in [1.29, 1.82) is 0 Å². The van der Waals surface area contributed by atoms with Gasteiger partial charge in [0, 0.05) is 11.4 Å². The molecule has 0 aliphatic rings. The highest BCUT2D eigenvalue weighted by atomic mass is 16.5. The largest absolute Gasteiger partial charge is 0.452 e. The first-order valence-electron chi connectivity index (χ1n) is 8.98. The van der Waals surface area contributed by atoms with E-state index in [4.69, 9.17) is 4.74 Å². The van der Waals surface area contributed by atoms with E-state index in [0.29, 0.717) is 16.9 Å². The molecule has 142 valence electrons. The van der Waals surface area contributed by atoms with Crippen LogP contribution < -0.4 is 10.6 Å². The predicted molar refractivity (Wildman–Crippen MR) is 111 cm³/mol. The van der Waals surface area contributed by atoms with Crippen LogP contribution in [0.15, 0.2) is 72.8 Å². The first-order valence-corrected chi connectivity index (χ1v) is 8.98. The van der Waals surface area contributed by atoms with Crippen molar-refractivity contribution in [1.82, 2.24) is 0 Å². The van der Waals surface area contributed by atoms with Gasteiger partial charge in [0.1, 0.15) is 0 Å². The van der Waals surface area contributed by atoms with Crippen LogP contribution in [0, 0.1) is 13.8 Å². The fraction of sp³-hybridized carbons (Fsp3) is 0.130. The number of para-hydroxylation sites is 2. The minimum absolute atomic E-state index is 0.356. The lowest BCUT2D eigenvalue weighted by Gasteiger charge is -2.12. The lowest BCUT2D eigenvalue weighted by molar-refractivity contribution is -0.119. The van der Waals surface area contributed by atoms with E-state index in [1.807, 2.05) is 68.4 Å². The number of esters is 1. The van der Waals surface area contributed by atoms with Crippen LogP contribution in [0.2, 0.25) is 0 Å². The molecule has 3 aromatic carbocycles. The van der Waals surface area contributed by atoms with Gasteiger partial charge in [0.15, 0.2) is 6.61 Å². The molecule has 3 aromatic rings. The van der Waals surface area contributed by atoms with Crippen molar-refractivity contribution >= 4 is 28.9 Å². The Morgan fingerprint density at radius 3 is 2.29 bits per heavy atom. The smallest absolute Gasteiger partial charge is 0.340 e. The number of hydrogen-bond donors (Lipinski definition) is 2. The molecular formula is C23H22N2O3. The minimum atomic E-state index is -0.561. The Balaban J connectivity index is 1.61. The van der Waals surface area contributed by atoms with Crippen LogP contribution in [0.4, 0.5) is 17.1 Å². The van der Waals surface area contributed by atoms with Crippen molar-refractivity contribution in [3.05, 3.63) is 89.5 Å². The van der Waals surface area contributed by atoms with Crippen molar-refractivity contribution in [3.8, 4) is 0 Å². The van der Waals surface area contributed by atoms with Crippen LogP contribution in [0.3, 0.4) is 0 Å². The van der Waals surface area contributed by atoms with Crippen LogP contribution in [0.25, 0.3) is 0 Å². The molecule has 0 saturated carbocycles. The first kappa shape index (κ1) is 19.2. The molecule has 0 spiro atoms. The fourth-order valence-corrected chi connectivity index (χ4v) is 2.67. The van der Waals surface area contributed by atoms with E-state index in [0.717, 1.165) is 16.8 Å². The number of benzene rings is 3. The van der Waals surface area contributed by atoms with Crippen molar-refractivity contribution in [3.63, 3.8) is 0 Å². The molecule has 2 N–H and O–H groups in total. The van der Waals surface area contributed by atoms with Gasteiger partial charge in [0.2, 0.25) is 0 Å². The van der Waals surface area contributed by atoms with Crippen LogP contribution in [0.5, 0.6) is 0 Å². The third kappa shape index (κ3) is 4.98. The molecule has 0 saturated heterocycles. The molecule has 0 aliphatic heterocycles. The quantitative estimate of drug-likeness (QED) is 0.606. The highest BCUT2D eigenvalue weighted by molar-refractivity contribution is 5.99. The van der Waals surface area contributed by atoms with Crippen LogP contribution >= 0.6 is 0 Å². The maximum absolute atomic E-state index is 12.5. The van der Waals surface area contributed by atoms with Gasteiger partial charge in [-0.3, -0.25) is 4.79 Å². The maximum Gasteiger partial charge on any atom is 0.340 e. The molecule has 0 atom stereocenters. The number of hydrogen-bond acceptors (Lipinski definition) is 4. The van der Waals surface area contributed by atoms with E-state index < -0.39 is 5.97 Å². The van der Waals surface area contributed by atoms with Crippen LogP contribution in [0.1, 0.15) is 21.5 Å². The third-order valence-corrected chi connectivity index (χ3v) is 4.32. The van der Waals surface area contributed by atoms with Crippen molar-refractivity contribution in [2.45, 2.75) is 13.8 Å². The number of rotatable bonds is 6. The van der Waals surface area contributed by atoms with Gasteiger partial charge in [-0.15, -0.1) is 0 Å². The highest BCUT2D eigenvalue weighted by Crippen LogP contribution is 2.21. The minimum Gasteiger partial charge on any atom is -0.452 e. The number of aryl methyl sites for hydroxylation is 2. The monoisotopic (exact) mass is 374 g/mol. The van der Waals surface area contributed by atoms with Crippen molar-refractivity contribution < 1.29 is 14.3 Å². The van der Waals surface area contributed by atoms with Gasteiger partial charge >= 0.3 is 5.97 Å². The Bertz CT molecular complexity index is 984. The van der Waals surface area contributed by atoms with Crippen LogP contribution in [-0.2, 0) is 9.53 Å². The molecule has 0 aliphatic carbocycles. The Morgan fingerprint density at radius 2 is 1.54 bits per heavy atom. The second-order valence-corrected chi connectivity index (χ2v) is 6.46. The second kappa shape index (κ2) is 8.86. The van der Waals surface area contributed by atoms with Gasteiger partial charge in [-0.05, 0) is 61.4 Å². The fourth-order valence-electron chi connectivity index (χ4n) is 2.67. The number of amides is 1. The zero-order valence-corrected chi connectivity index (χ0v) is 15.9. The summed E-state index contributed by atoms with van der Waals surface area (Å²) in [6.45, 7) is 3.62. The third-order valence-electron chi connectivity index (χ3n) is 4.32. The van der Waals surface area contributed by atoms with E-state index in [-0.39, 0.29) is 12.5 Å². The molecule has 1 amide bonds. The zero-order valence-electron chi connectivity index (χ0n) is 15.9. The predicted octanol–water partition coefficient (Wildman–Crippen LogP) is 4.84. The lowest BCUT2D eigenvalue weighted by atomic mass is 10.1. The van der Waals surface area contributed by atoms with Gasteiger partial charge in [-0.1, -0.05) is 36.4 Å². The van der Waals surface area contributed by atoms with E-state index >= 15 is 0 Å². The number of anilines is 3. The summed E-state index contributed by atoms with van der Waals surface area (Å²) in [6, 6.07) is 22.2. The SMILES string of the molecule is Cc1ccc(NC(=O)COC(=O)c2ccccc2Nc2ccccc2)cc1C. The van der Waals surface area contributed by atoms with E-state index in [1.165, 1.54) is 0 Å². The molecule has 5 heteroatoms. The lowest BCUT2D eigenvalue weighted by Crippen LogP contribution is -2.21.